The number of aliphatic hydroxyl groups excluding tert-OH is 3. The lowest BCUT2D eigenvalue weighted by Gasteiger charge is -2.29. The molecule has 4 N–H and O–H groups in total. The Balaban J connectivity index is 2.38. The zero-order valence-corrected chi connectivity index (χ0v) is 8.59. The van der Waals surface area contributed by atoms with Gasteiger partial charge in [0.25, 0.3) is 5.82 Å². The van der Waals surface area contributed by atoms with E-state index in [1.807, 2.05) is 0 Å². The van der Waals surface area contributed by atoms with Crippen molar-refractivity contribution in [1.29, 1.82) is 0 Å². The van der Waals surface area contributed by atoms with Gasteiger partial charge in [0.05, 0.1) is 13.2 Å². The van der Waals surface area contributed by atoms with Crippen LogP contribution in [0.15, 0.2) is 6.33 Å². The topological polar surface area (TPSA) is 138 Å². The monoisotopic (exact) mass is 245 g/mol. The first-order valence-corrected chi connectivity index (χ1v) is 4.77. The van der Waals surface area contributed by atoms with Crippen molar-refractivity contribution in [3.05, 3.63) is 12.2 Å². The highest BCUT2D eigenvalue weighted by molar-refractivity contribution is 5.82. The van der Waals surface area contributed by atoms with Crippen LogP contribution in [-0.2, 0) is 10.5 Å². The van der Waals surface area contributed by atoms with E-state index in [9.17, 15) is 20.1 Å². The fourth-order valence-corrected chi connectivity index (χ4v) is 1.66. The number of aliphatic hydroxyl groups is 3. The molecular weight excluding hydrogens is 234 g/mol. The standard InChI is InChI=1S/C8H11N3O6/c12-2-8(5(14)4(13)1-17-8)11-3-9-6(10-11)7(15)16/h3-5,12-14H,1-2H2,(H,15,16)/t4-,5-,8-/m0/s1. The van der Waals surface area contributed by atoms with Crippen LogP contribution in [0.2, 0.25) is 0 Å². The maximum atomic E-state index is 10.6. The Bertz CT molecular complexity index is 435. The fourth-order valence-electron chi connectivity index (χ4n) is 1.66. The Morgan fingerprint density at radius 1 is 1.65 bits per heavy atom. The Kier molecular flexibility index (Phi) is 2.83. The molecule has 0 saturated carbocycles. The van der Waals surface area contributed by atoms with Gasteiger partial charge in [-0.15, -0.1) is 5.10 Å². The summed E-state index contributed by atoms with van der Waals surface area (Å²) in [6.07, 6.45) is -1.59. The zero-order valence-electron chi connectivity index (χ0n) is 8.59. The van der Waals surface area contributed by atoms with Crippen LogP contribution in [0.1, 0.15) is 10.6 Å². The molecule has 0 radical (unpaired) electrons. The molecular formula is C8H11N3O6. The molecule has 0 spiro atoms. The van der Waals surface area contributed by atoms with E-state index in [2.05, 4.69) is 10.1 Å². The minimum atomic E-state index is -1.69. The van der Waals surface area contributed by atoms with Crippen LogP contribution in [0.5, 0.6) is 0 Å². The molecule has 2 heterocycles. The average Bonchev–Trinajstić information content (AvgIpc) is 2.88. The van der Waals surface area contributed by atoms with Crippen molar-refractivity contribution >= 4 is 5.97 Å². The van der Waals surface area contributed by atoms with Gasteiger partial charge in [0.1, 0.15) is 18.5 Å². The quantitative estimate of drug-likeness (QED) is 0.454. The van der Waals surface area contributed by atoms with Crippen molar-refractivity contribution < 1.29 is 30.0 Å². The third-order valence-electron chi connectivity index (χ3n) is 2.63. The van der Waals surface area contributed by atoms with Crippen molar-refractivity contribution in [2.75, 3.05) is 13.2 Å². The van der Waals surface area contributed by atoms with Gasteiger partial charge in [0.15, 0.2) is 0 Å². The van der Waals surface area contributed by atoms with Crippen LogP contribution in [0.4, 0.5) is 0 Å². The van der Waals surface area contributed by atoms with Crippen molar-refractivity contribution in [3.63, 3.8) is 0 Å². The molecule has 1 aromatic heterocycles. The summed E-state index contributed by atoms with van der Waals surface area (Å²) in [7, 11) is 0. The number of carboxylic acids is 1. The van der Waals surface area contributed by atoms with Crippen LogP contribution in [0.3, 0.4) is 0 Å². The van der Waals surface area contributed by atoms with E-state index < -0.39 is 36.3 Å². The highest BCUT2D eigenvalue weighted by Gasteiger charge is 2.51. The van der Waals surface area contributed by atoms with E-state index in [0.29, 0.717) is 0 Å². The first-order valence-electron chi connectivity index (χ1n) is 4.77. The van der Waals surface area contributed by atoms with Gasteiger partial charge in [-0.1, -0.05) is 0 Å². The second kappa shape index (κ2) is 4.04. The molecule has 9 nitrogen and oxygen atoms in total. The number of carboxylic acid groups (broad SMARTS) is 1. The third kappa shape index (κ3) is 1.69. The van der Waals surface area contributed by atoms with E-state index in [0.717, 1.165) is 11.0 Å². The summed E-state index contributed by atoms with van der Waals surface area (Å²) in [5.41, 5.74) is -1.69. The summed E-state index contributed by atoms with van der Waals surface area (Å²) < 4.78 is 6.01. The van der Waals surface area contributed by atoms with Gasteiger partial charge in [-0.25, -0.2) is 14.5 Å². The second-order valence-corrected chi connectivity index (χ2v) is 3.64. The number of nitrogens with zero attached hydrogens (tertiary/aromatic N) is 3. The molecule has 2 rings (SSSR count). The molecule has 0 aliphatic carbocycles. The lowest BCUT2D eigenvalue weighted by atomic mass is 10.1. The van der Waals surface area contributed by atoms with Crippen molar-refractivity contribution in [2.24, 2.45) is 0 Å². The van der Waals surface area contributed by atoms with Crippen molar-refractivity contribution in [1.82, 2.24) is 14.8 Å². The van der Waals surface area contributed by atoms with Gasteiger partial charge in [0.2, 0.25) is 5.72 Å². The molecule has 1 aromatic rings. The molecule has 1 aliphatic rings. The lowest BCUT2D eigenvalue weighted by molar-refractivity contribution is -0.159. The molecule has 1 fully saturated rings. The Morgan fingerprint density at radius 3 is 2.76 bits per heavy atom. The summed E-state index contributed by atoms with van der Waals surface area (Å²) in [6.45, 7) is -0.863. The smallest absolute Gasteiger partial charge is 0.375 e. The van der Waals surface area contributed by atoms with Gasteiger partial charge in [-0.3, -0.25) is 0 Å². The summed E-state index contributed by atoms with van der Waals surface area (Å²) in [4.78, 5) is 14.1. The van der Waals surface area contributed by atoms with E-state index in [-0.39, 0.29) is 6.61 Å². The van der Waals surface area contributed by atoms with E-state index in [1.54, 1.807) is 0 Å². The van der Waals surface area contributed by atoms with Crippen LogP contribution in [0, 0.1) is 0 Å². The molecule has 94 valence electrons. The van der Waals surface area contributed by atoms with Crippen LogP contribution >= 0.6 is 0 Å². The summed E-state index contributed by atoms with van der Waals surface area (Å²) in [6, 6.07) is 0. The molecule has 0 bridgehead atoms. The molecule has 3 atom stereocenters. The van der Waals surface area contributed by atoms with Gasteiger partial charge in [-0.2, -0.15) is 0 Å². The Hall–Kier alpha value is -1.55. The number of aromatic nitrogens is 3. The number of hydrogen-bond donors (Lipinski definition) is 4. The van der Waals surface area contributed by atoms with Gasteiger partial charge < -0.3 is 25.2 Å². The minimum absolute atomic E-state index is 0.190. The van der Waals surface area contributed by atoms with Crippen molar-refractivity contribution in [2.45, 2.75) is 17.9 Å². The normalized spacial score (nSPS) is 32.9. The number of hydrogen-bond acceptors (Lipinski definition) is 7. The molecule has 17 heavy (non-hydrogen) atoms. The summed E-state index contributed by atoms with van der Waals surface area (Å²) in [5, 5.41) is 40.6. The number of ether oxygens (including phenoxy) is 1. The largest absolute Gasteiger partial charge is 0.475 e. The average molecular weight is 245 g/mol. The Morgan fingerprint density at radius 2 is 2.35 bits per heavy atom. The number of rotatable bonds is 3. The molecule has 0 aromatic carbocycles. The first kappa shape index (κ1) is 11.9. The number of carbonyl (C=O) groups is 1. The molecule has 9 heteroatoms. The summed E-state index contributed by atoms with van der Waals surface area (Å²) >= 11 is 0. The second-order valence-electron chi connectivity index (χ2n) is 3.64. The van der Waals surface area contributed by atoms with E-state index >= 15 is 0 Å². The fraction of sp³-hybridized carbons (Fsp3) is 0.625. The summed E-state index contributed by atoms with van der Waals surface area (Å²) in [5.74, 6) is -1.83. The van der Waals surface area contributed by atoms with Gasteiger partial charge >= 0.3 is 5.97 Å². The maximum absolute atomic E-state index is 10.6. The molecule has 1 aliphatic heterocycles. The highest BCUT2D eigenvalue weighted by atomic mass is 16.6. The maximum Gasteiger partial charge on any atom is 0.375 e. The van der Waals surface area contributed by atoms with Gasteiger partial charge in [-0.05, 0) is 0 Å². The Labute approximate surface area is 94.9 Å². The zero-order chi connectivity index (χ0) is 12.6. The lowest BCUT2D eigenvalue weighted by Crippen LogP contribution is -2.49. The predicted molar refractivity (Wildman–Crippen MR) is 50.0 cm³/mol. The number of aromatic carboxylic acids is 1. The predicted octanol–water partition coefficient (Wildman–Crippen LogP) is -2.63. The molecule has 0 amide bonds. The van der Waals surface area contributed by atoms with Crippen molar-refractivity contribution in [3.8, 4) is 0 Å². The molecule has 0 unspecified atom stereocenters. The minimum Gasteiger partial charge on any atom is -0.475 e. The van der Waals surface area contributed by atoms with Crippen LogP contribution in [0.25, 0.3) is 0 Å². The van der Waals surface area contributed by atoms with E-state index in [4.69, 9.17) is 9.84 Å². The molecule has 1 saturated heterocycles. The SMILES string of the molecule is O=C(O)c1ncn([C@@]2(CO)OC[C@H](O)[C@@H]2O)n1. The van der Waals surface area contributed by atoms with Crippen LogP contribution in [-0.4, -0.2) is 66.6 Å². The van der Waals surface area contributed by atoms with Gasteiger partial charge in [0, 0.05) is 0 Å². The highest BCUT2D eigenvalue weighted by Crippen LogP contribution is 2.30. The third-order valence-corrected chi connectivity index (χ3v) is 2.63. The van der Waals surface area contributed by atoms with E-state index in [1.165, 1.54) is 0 Å². The first-order chi connectivity index (χ1) is 8.01. The van der Waals surface area contributed by atoms with Crippen LogP contribution < -0.4 is 0 Å².